The van der Waals surface area contributed by atoms with Crippen molar-refractivity contribution in [2.45, 2.75) is 62.6 Å². The van der Waals surface area contributed by atoms with Gasteiger partial charge in [0, 0.05) is 17.6 Å². The van der Waals surface area contributed by atoms with Crippen LogP contribution in [0.4, 0.5) is 0 Å². The Morgan fingerprint density at radius 1 is 1.21 bits per heavy atom. The molecule has 2 aromatic rings. The Bertz CT molecular complexity index is 679. The fourth-order valence-electron chi connectivity index (χ4n) is 3.22. The summed E-state index contributed by atoms with van der Waals surface area (Å²) >= 11 is 1.33. The van der Waals surface area contributed by atoms with Gasteiger partial charge in [0.15, 0.2) is 0 Å². The second-order valence-electron chi connectivity index (χ2n) is 6.37. The van der Waals surface area contributed by atoms with Crippen LogP contribution in [-0.2, 0) is 4.79 Å². The molecule has 0 radical (unpaired) electrons. The summed E-state index contributed by atoms with van der Waals surface area (Å²) in [4.78, 5) is 14.8. The van der Waals surface area contributed by atoms with Gasteiger partial charge >= 0.3 is 0 Å². The fourth-order valence-corrected chi connectivity index (χ4v) is 3.96. The molecule has 0 bridgehead atoms. The number of aromatic nitrogens is 2. The summed E-state index contributed by atoms with van der Waals surface area (Å²) in [5.41, 5.74) is 0.883. The summed E-state index contributed by atoms with van der Waals surface area (Å²) in [6, 6.07) is 10.2. The molecule has 0 N–H and O–H groups in total. The van der Waals surface area contributed by atoms with E-state index in [0.29, 0.717) is 23.2 Å². The third-order valence-electron chi connectivity index (χ3n) is 4.50. The van der Waals surface area contributed by atoms with Gasteiger partial charge in [-0.05, 0) is 52.2 Å². The number of likely N-dealkylation sites (tertiary alicyclic amines) is 1. The Labute approximate surface area is 146 Å². The fraction of sp³-hybridized carbons (Fsp3) is 0.500. The van der Waals surface area contributed by atoms with Crippen molar-refractivity contribution >= 4 is 17.7 Å². The highest BCUT2D eigenvalue weighted by molar-refractivity contribution is 8.00. The highest BCUT2D eigenvalue weighted by Crippen LogP contribution is 2.30. The smallest absolute Gasteiger partial charge is 0.277 e. The average molecular weight is 345 g/mol. The zero-order chi connectivity index (χ0) is 17.1. The van der Waals surface area contributed by atoms with Gasteiger partial charge in [0.25, 0.3) is 5.22 Å². The van der Waals surface area contributed by atoms with Crippen LogP contribution in [0.2, 0.25) is 0 Å². The van der Waals surface area contributed by atoms with E-state index in [1.54, 1.807) is 0 Å². The van der Waals surface area contributed by atoms with E-state index < -0.39 is 0 Å². The molecule has 0 unspecified atom stereocenters. The van der Waals surface area contributed by atoms with Gasteiger partial charge in [0.1, 0.15) is 0 Å². The first-order valence-electron chi connectivity index (χ1n) is 8.44. The van der Waals surface area contributed by atoms with Gasteiger partial charge in [0.2, 0.25) is 11.8 Å². The Hall–Kier alpha value is -1.82. The third kappa shape index (κ3) is 3.64. The normalized spacial score (nSPS) is 22.4. The van der Waals surface area contributed by atoms with Crippen molar-refractivity contribution in [2.75, 3.05) is 0 Å². The molecule has 0 spiro atoms. The number of carbonyl (C=O) groups excluding carboxylic acids is 1. The minimum Gasteiger partial charge on any atom is -0.411 e. The van der Waals surface area contributed by atoms with Gasteiger partial charge in [-0.2, -0.15) is 0 Å². The van der Waals surface area contributed by atoms with Crippen LogP contribution < -0.4 is 0 Å². The molecule has 1 aliphatic heterocycles. The van der Waals surface area contributed by atoms with Crippen LogP contribution in [0.5, 0.6) is 0 Å². The third-order valence-corrected chi connectivity index (χ3v) is 5.42. The van der Waals surface area contributed by atoms with E-state index in [2.05, 4.69) is 24.0 Å². The molecule has 1 aromatic heterocycles. The largest absolute Gasteiger partial charge is 0.411 e. The summed E-state index contributed by atoms with van der Waals surface area (Å²) in [5.74, 6) is 0.636. The van der Waals surface area contributed by atoms with Gasteiger partial charge in [-0.1, -0.05) is 30.0 Å². The van der Waals surface area contributed by atoms with Crippen molar-refractivity contribution in [2.24, 2.45) is 0 Å². The van der Waals surface area contributed by atoms with Crippen LogP contribution in [0.25, 0.3) is 11.5 Å². The Balaban J connectivity index is 1.67. The van der Waals surface area contributed by atoms with Gasteiger partial charge in [-0.3, -0.25) is 4.79 Å². The molecule has 3 rings (SSSR count). The van der Waals surface area contributed by atoms with E-state index in [1.165, 1.54) is 18.2 Å². The number of rotatable bonds is 4. The zero-order valence-electron chi connectivity index (χ0n) is 14.3. The molecule has 1 saturated heterocycles. The maximum absolute atomic E-state index is 12.8. The molecule has 1 fully saturated rings. The minimum atomic E-state index is -0.239. The molecule has 6 heteroatoms. The van der Waals surface area contributed by atoms with Crippen molar-refractivity contribution in [1.29, 1.82) is 0 Å². The quantitative estimate of drug-likeness (QED) is 0.784. The van der Waals surface area contributed by atoms with Crippen molar-refractivity contribution in [3.63, 3.8) is 0 Å². The summed E-state index contributed by atoms with van der Waals surface area (Å²) < 4.78 is 5.70. The van der Waals surface area contributed by atoms with Crippen molar-refractivity contribution in [3.8, 4) is 11.5 Å². The van der Waals surface area contributed by atoms with E-state index in [4.69, 9.17) is 4.42 Å². The first-order valence-corrected chi connectivity index (χ1v) is 9.32. The van der Waals surface area contributed by atoms with E-state index in [9.17, 15) is 4.79 Å². The molecular weight excluding hydrogens is 322 g/mol. The molecule has 0 saturated carbocycles. The molecular formula is C18H23N3O2S. The van der Waals surface area contributed by atoms with Gasteiger partial charge in [-0.25, -0.2) is 0 Å². The number of hydrogen-bond acceptors (Lipinski definition) is 5. The van der Waals surface area contributed by atoms with Crippen molar-refractivity contribution < 1.29 is 9.21 Å². The van der Waals surface area contributed by atoms with Crippen LogP contribution in [-0.4, -0.2) is 38.3 Å². The van der Waals surface area contributed by atoms with Gasteiger partial charge < -0.3 is 9.32 Å². The lowest BCUT2D eigenvalue weighted by Gasteiger charge is -2.40. The minimum absolute atomic E-state index is 0.152. The SMILES string of the molecule is C[C@@H](Sc1nnc(-c2ccccc2)o1)C(=O)N1[C@@H](C)CCC[C@@H]1C. The standard InChI is InChI=1S/C18H23N3O2S/c1-12-8-7-9-13(2)21(12)17(22)14(3)24-18-20-19-16(23-18)15-10-5-4-6-11-15/h4-6,10-14H,7-9H2,1-3H3/t12-,13-,14+/m0/s1. The maximum atomic E-state index is 12.8. The van der Waals surface area contributed by atoms with Crippen LogP contribution in [0.15, 0.2) is 40.0 Å². The molecule has 1 amide bonds. The summed E-state index contributed by atoms with van der Waals surface area (Å²) in [5, 5.41) is 8.35. The number of benzene rings is 1. The van der Waals surface area contributed by atoms with Gasteiger partial charge in [-0.15, -0.1) is 10.2 Å². The summed E-state index contributed by atoms with van der Waals surface area (Å²) in [7, 11) is 0. The first-order chi connectivity index (χ1) is 11.6. The molecule has 24 heavy (non-hydrogen) atoms. The number of amides is 1. The monoisotopic (exact) mass is 345 g/mol. The Morgan fingerprint density at radius 2 is 1.88 bits per heavy atom. The second-order valence-corrected chi connectivity index (χ2v) is 7.67. The predicted molar refractivity (Wildman–Crippen MR) is 94.7 cm³/mol. The lowest BCUT2D eigenvalue weighted by atomic mass is 9.97. The Kier molecular flexibility index (Phi) is 5.23. The number of piperidine rings is 1. The van der Waals surface area contributed by atoms with E-state index in [0.717, 1.165) is 18.4 Å². The second kappa shape index (κ2) is 7.38. The average Bonchev–Trinajstić information content (AvgIpc) is 3.04. The predicted octanol–water partition coefficient (Wildman–Crippen LogP) is 4.01. The lowest BCUT2D eigenvalue weighted by molar-refractivity contribution is -0.136. The number of hydrogen-bond donors (Lipinski definition) is 0. The molecule has 2 heterocycles. The zero-order valence-corrected chi connectivity index (χ0v) is 15.1. The summed E-state index contributed by atoms with van der Waals surface area (Å²) in [6.07, 6.45) is 3.34. The topological polar surface area (TPSA) is 59.2 Å². The number of thioether (sulfide) groups is 1. The highest BCUT2D eigenvalue weighted by atomic mass is 32.2. The van der Waals surface area contributed by atoms with E-state index in [1.807, 2.05) is 42.2 Å². The first kappa shape index (κ1) is 17.0. The van der Waals surface area contributed by atoms with Crippen molar-refractivity contribution in [3.05, 3.63) is 30.3 Å². The Morgan fingerprint density at radius 3 is 2.54 bits per heavy atom. The van der Waals surface area contributed by atoms with Crippen LogP contribution >= 0.6 is 11.8 Å². The molecule has 3 atom stereocenters. The van der Waals surface area contributed by atoms with Crippen LogP contribution in [0.1, 0.15) is 40.0 Å². The molecule has 128 valence electrons. The highest BCUT2D eigenvalue weighted by Gasteiger charge is 2.32. The van der Waals surface area contributed by atoms with E-state index in [-0.39, 0.29) is 11.2 Å². The molecule has 1 aliphatic rings. The molecule has 0 aliphatic carbocycles. The lowest BCUT2D eigenvalue weighted by Crippen LogP contribution is -2.50. The number of carbonyl (C=O) groups is 1. The van der Waals surface area contributed by atoms with Crippen LogP contribution in [0, 0.1) is 0 Å². The number of nitrogens with zero attached hydrogens (tertiary/aromatic N) is 3. The maximum Gasteiger partial charge on any atom is 0.277 e. The summed E-state index contributed by atoms with van der Waals surface area (Å²) in [6.45, 7) is 6.17. The van der Waals surface area contributed by atoms with Gasteiger partial charge in [0.05, 0.1) is 5.25 Å². The molecule has 1 aromatic carbocycles. The van der Waals surface area contributed by atoms with Crippen LogP contribution in [0.3, 0.4) is 0 Å². The van der Waals surface area contributed by atoms with E-state index >= 15 is 0 Å². The molecule has 5 nitrogen and oxygen atoms in total. The van der Waals surface area contributed by atoms with Crippen molar-refractivity contribution in [1.82, 2.24) is 15.1 Å².